The number of benzene rings is 2. The Bertz CT molecular complexity index is 707. The van der Waals surface area contributed by atoms with Gasteiger partial charge in [-0.25, -0.2) is 4.98 Å². The maximum absolute atomic E-state index is 5.80. The van der Waals surface area contributed by atoms with Gasteiger partial charge in [-0.15, -0.1) is 0 Å². The summed E-state index contributed by atoms with van der Waals surface area (Å²) in [7, 11) is 0. The van der Waals surface area contributed by atoms with Gasteiger partial charge in [-0.1, -0.05) is 11.6 Å². The first-order valence-electron chi connectivity index (χ1n) is 5.74. The van der Waals surface area contributed by atoms with Crippen molar-refractivity contribution < 1.29 is 9.15 Å². The smallest absolute Gasteiger partial charge is 0.233 e. The van der Waals surface area contributed by atoms with Gasteiger partial charge in [-0.05, 0) is 42.5 Å². The van der Waals surface area contributed by atoms with Crippen molar-refractivity contribution in [2.45, 2.75) is 6.61 Å². The molecule has 3 rings (SSSR count). The van der Waals surface area contributed by atoms with Crippen LogP contribution < -0.4 is 10.5 Å². The van der Waals surface area contributed by atoms with Crippen LogP contribution in [0.3, 0.4) is 0 Å². The zero-order chi connectivity index (χ0) is 13.2. The molecule has 0 spiro atoms. The van der Waals surface area contributed by atoms with Crippen molar-refractivity contribution in [3.63, 3.8) is 0 Å². The Morgan fingerprint density at radius 1 is 1.16 bits per heavy atom. The highest BCUT2D eigenvalue weighted by Gasteiger charge is 2.06. The molecule has 0 saturated heterocycles. The number of ether oxygens (including phenoxy) is 1. The molecule has 0 radical (unpaired) electrons. The van der Waals surface area contributed by atoms with Gasteiger partial charge in [0.15, 0.2) is 12.2 Å². The van der Waals surface area contributed by atoms with Crippen LogP contribution in [-0.4, -0.2) is 4.98 Å². The molecule has 0 aliphatic heterocycles. The molecule has 0 saturated carbocycles. The summed E-state index contributed by atoms with van der Waals surface area (Å²) in [4.78, 5) is 4.31. The molecule has 0 amide bonds. The van der Waals surface area contributed by atoms with Crippen LogP contribution in [0.5, 0.6) is 5.75 Å². The van der Waals surface area contributed by atoms with E-state index in [0.717, 1.165) is 5.52 Å². The fraction of sp³-hybridized carbons (Fsp3) is 0.0714. The number of hydrogen-bond acceptors (Lipinski definition) is 4. The molecule has 0 atom stereocenters. The third kappa shape index (κ3) is 2.63. The van der Waals surface area contributed by atoms with Crippen molar-refractivity contribution in [2.75, 3.05) is 5.73 Å². The second-order valence-corrected chi connectivity index (χ2v) is 4.51. The predicted molar refractivity (Wildman–Crippen MR) is 74.2 cm³/mol. The number of nitrogens with two attached hydrogens (primary N) is 1. The molecule has 19 heavy (non-hydrogen) atoms. The SMILES string of the molecule is Nc1ccc2oc(COc3ccc(Cl)cc3)nc2c1. The summed E-state index contributed by atoms with van der Waals surface area (Å²) in [5.74, 6) is 1.22. The summed E-state index contributed by atoms with van der Waals surface area (Å²) in [6.07, 6.45) is 0. The Hall–Kier alpha value is -2.20. The standard InChI is InChI=1S/C14H11ClN2O2/c15-9-1-4-11(5-2-9)18-8-14-17-12-7-10(16)3-6-13(12)19-14/h1-7H,8,16H2. The van der Waals surface area contributed by atoms with Crippen molar-refractivity contribution in [3.8, 4) is 5.75 Å². The zero-order valence-corrected chi connectivity index (χ0v) is 10.7. The van der Waals surface area contributed by atoms with Gasteiger partial charge in [0.05, 0.1) is 0 Å². The second kappa shape index (κ2) is 4.82. The van der Waals surface area contributed by atoms with E-state index in [2.05, 4.69) is 4.98 Å². The summed E-state index contributed by atoms with van der Waals surface area (Å²) >= 11 is 5.80. The van der Waals surface area contributed by atoms with E-state index in [9.17, 15) is 0 Å². The largest absolute Gasteiger partial charge is 0.484 e. The van der Waals surface area contributed by atoms with Crippen LogP contribution in [0, 0.1) is 0 Å². The molecule has 2 aromatic carbocycles. The summed E-state index contributed by atoms with van der Waals surface area (Å²) in [6, 6.07) is 12.5. The van der Waals surface area contributed by atoms with Crippen molar-refractivity contribution in [2.24, 2.45) is 0 Å². The fourth-order valence-electron chi connectivity index (χ4n) is 1.73. The number of rotatable bonds is 3. The molecular weight excluding hydrogens is 264 g/mol. The Morgan fingerprint density at radius 3 is 2.74 bits per heavy atom. The zero-order valence-electron chi connectivity index (χ0n) is 9.97. The summed E-state index contributed by atoms with van der Waals surface area (Å²) in [5, 5.41) is 0.671. The lowest BCUT2D eigenvalue weighted by Gasteiger charge is -2.02. The summed E-state index contributed by atoms with van der Waals surface area (Å²) in [6.45, 7) is 0.260. The molecule has 0 aliphatic rings. The molecule has 1 heterocycles. The third-order valence-electron chi connectivity index (χ3n) is 2.63. The van der Waals surface area contributed by atoms with E-state index in [0.29, 0.717) is 27.9 Å². The molecule has 4 nitrogen and oxygen atoms in total. The first-order valence-corrected chi connectivity index (χ1v) is 6.12. The first-order chi connectivity index (χ1) is 9.20. The fourth-order valence-corrected chi connectivity index (χ4v) is 1.86. The molecule has 0 bridgehead atoms. The van der Waals surface area contributed by atoms with Crippen LogP contribution in [0.2, 0.25) is 5.02 Å². The topological polar surface area (TPSA) is 61.3 Å². The normalized spacial score (nSPS) is 10.8. The minimum atomic E-state index is 0.260. The summed E-state index contributed by atoms with van der Waals surface area (Å²) < 4.78 is 11.1. The maximum Gasteiger partial charge on any atom is 0.233 e. The van der Waals surface area contributed by atoms with Crippen molar-refractivity contribution in [1.82, 2.24) is 4.98 Å². The van der Waals surface area contributed by atoms with E-state index in [1.807, 2.05) is 0 Å². The number of aromatic nitrogens is 1. The third-order valence-corrected chi connectivity index (χ3v) is 2.88. The lowest BCUT2D eigenvalue weighted by atomic mass is 10.3. The van der Waals surface area contributed by atoms with Gasteiger partial charge in [0, 0.05) is 10.7 Å². The van der Waals surface area contributed by atoms with Gasteiger partial charge in [-0.3, -0.25) is 0 Å². The van der Waals surface area contributed by atoms with E-state index in [1.54, 1.807) is 42.5 Å². The molecular formula is C14H11ClN2O2. The van der Waals surface area contributed by atoms with Gasteiger partial charge >= 0.3 is 0 Å². The number of nitrogen functional groups attached to an aromatic ring is 1. The maximum atomic E-state index is 5.80. The molecule has 0 unspecified atom stereocenters. The van der Waals surface area contributed by atoms with Crippen molar-refractivity contribution >= 4 is 28.4 Å². The number of anilines is 1. The Morgan fingerprint density at radius 2 is 1.95 bits per heavy atom. The van der Waals surface area contributed by atoms with Crippen molar-refractivity contribution in [3.05, 3.63) is 53.4 Å². The van der Waals surface area contributed by atoms with Gasteiger partial charge in [0.2, 0.25) is 5.89 Å². The molecule has 1 aromatic heterocycles. The van der Waals surface area contributed by atoms with Crippen LogP contribution in [0.4, 0.5) is 5.69 Å². The van der Waals surface area contributed by atoms with Crippen LogP contribution in [0.25, 0.3) is 11.1 Å². The number of halogens is 1. The van der Waals surface area contributed by atoms with Crippen LogP contribution >= 0.6 is 11.6 Å². The highest BCUT2D eigenvalue weighted by molar-refractivity contribution is 6.30. The number of oxazole rings is 1. The molecule has 3 aromatic rings. The number of nitrogens with zero attached hydrogens (tertiary/aromatic N) is 1. The quantitative estimate of drug-likeness (QED) is 0.741. The van der Waals surface area contributed by atoms with Crippen LogP contribution in [0.15, 0.2) is 46.9 Å². The summed E-state index contributed by atoms with van der Waals surface area (Å²) in [5.41, 5.74) is 7.77. The van der Waals surface area contributed by atoms with Gasteiger partial charge in [0.25, 0.3) is 0 Å². The lowest BCUT2D eigenvalue weighted by Crippen LogP contribution is -1.95. The van der Waals surface area contributed by atoms with Gasteiger partial charge in [-0.2, -0.15) is 0 Å². The second-order valence-electron chi connectivity index (χ2n) is 4.08. The predicted octanol–water partition coefficient (Wildman–Crippen LogP) is 3.64. The molecule has 96 valence electrons. The number of hydrogen-bond donors (Lipinski definition) is 1. The first kappa shape index (κ1) is 11.9. The van der Waals surface area contributed by atoms with Crippen LogP contribution in [0.1, 0.15) is 5.89 Å². The average Bonchev–Trinajstić information content (AvgIpc) is 2.80. The van der Waals surface area contributed by atoms with E-state index < -0.39 is 0 Å². The van der Waals surface area contributed by atoms with Crippen molar-refractivity contribution in [1.29, 1.82) is 0 Å². The van der Waals surface area contributed by atoms with Crippen LogP contribution in [-0.2, 0) is 6.61 Å². The Kier molecular flexibility index (Phi) is 3.01. The molecule has 5 heteroatoms. The van der Waals surface area contributed by atoms with E-state index in [4.69, 9.17) is 26.5 Å². The Labute approximate surface area is 114 Å². The average molecular weight is 275 g/mol. The molecule has 0 fully saturated rings. The van der Waals surface area contributed by atoms with E-state index in [-0.39, 0.29) is 6.61 Å². The lowest BCUT2D eigenvalue weighted by molar-refractivity contribution is 0.267. The number of fused-ring (bicyclic) bond motifs is 1. The highest BCUT2D eigenvalue weighted by atomic mass is 35.5. The minimum absolute atomic E-state index is 0.260. The highest BCUT2D eigenvalue weighted by Crippen LogP contribution is 2.20. The monoisotopic (exact) mass is 274 g/mol. The Balaban J connectivity index is 1.76. The minimum Gasteiger partial charge on any atom is -0.484 e. The molecule has 0 aliphatic carbocycles. The molecule has 2 N–H and O–H groups in total. The van der Waals surface area contributed by atoms with E-state index in [1.165, 1.54) is 0 Å². The van der Waals surface area contributed by atoms with Gasteiger partial charge in [0.1, 0.15) is 11.3 Å². The van der Waals surface area contributed by atoms with E-state index >= 15 is 0 Å². The van der Waals surface area contributed by atoms with Gasteiger partial charge < -0.3 is 14.9 Å².